The van der Waals surface area contributed by atoms with Crippen molar-refractivity contribution in [2.45, 2.75) is 43.2 Å². The molecule has 0 N–H and O–H groups in total. The molecular weight excluding hydrogens is 404 g/mol. The van der Waals surface area contributed by atoms with E-state index in [2.05, 4.69) is 57.2 Å². The second kappa shape index (κ2) is 9.27. The Morgan fingerprint density at radius 2 is 1.58 bits per heavy atom. The summed E-state index contributed by atoms with van der Waals surface area (Å²) in [6, 6.07) is 20.9. The van der Waals surface area contributed by atoms with Gasteiger partial charge in [-0.3, -0.25) is 9.36 Å². The van der Waals surface area contributed by atoms with Crippen molar-refractivity contribution in [1.82, 2.24) is 19.7 Å². The quantitative estimate of drug-likeness (QED) is 0.507. The lowest BCUT2D eigenvalue weighted by molar-refractivity contribution is -0.129. The zero-order valence-corrected chi connectivity index (χ0v) is 18.5. The standard InChI is InChI=1S/C25H28N4OS/c30-23(28-15-13-20(14-16-28)17-19-7-3-1-4-8-19)18-31-25-27-26-24(21-11-12-21)29(25)22-9-5-2-6-10-22/h1-10,20-21H,11-18H2. The zero-order chi connectivity index (χ0) is 21.0. The van der Waals surface area contributed by atoms with Gasteiger partial charge in [-0.1, -0.05) is 60.3 Å². The van der Waals surface area contributed by atoms with Crippen LogP contribution < -0.4 is 0 Å². The van der Waals surface area contributed by atoms with Crippen molar-refractivity contribution in [3.05, 3.63) is 72.1 Å². The highest BCUT2D eigenvalue weighted by Crippen LogP contribution is 2.41. The van der Waals surface area contributed by atoms with Crippen molar-refractivity contribution < 1.29 is 4.79 Å². The Hall–Kier alpha value is -2.60. The Morgan fingerprint density at radius 1 is 0.903 bits per heavy atom. The first kappa shape index (κ1) is 20.3. The number of amides is 1. The number of thioether (sulfide) groups is 1. The number of likely N-dealkylation sites (tertiary alicyclic amines) is 1. The minimum absolute atomic E-state index is 0.207. The van der Waals surface area contributed by atoms with E-state index in [0.717, 1.165) is 49.0 Å². The number of benzene rings is 2. The van der Waals surface area contributed by atoms with E-state index in [9.17, 15) is 4.79 Å². The van der Waals surface area contributed by atoms with E-state index in [1.165, 1.54) is 30.2 Å². The molecule has 5 rings (SSSR count). The highest BCUT2D eigenvalue weighted by Gasteiger charge is 2.31. The molecule has 2 aliphatic rings. The van der Waals surface area contributed by atoms with E-state index in [1.54, 1.807) is 0 Å². The van der Waals surface area contributed by atoms with Gasteiger partial charge in [0.25, 0.3) is 0 Å². The molecule has 31 heavy (non-hydrogen) atoms. The average Bonchev–Trinajstić information content (AvgIpc) is 3.58. The minimum atomic E-state index is 0.207. The van der Waals surface area contributed by atoms with Gasteiger partial charge in [-0.2, -0.15) is 0 Å². The maximum Gasteiger partial charge on any atom is 0.233 e. The summed E-state index contributed by atoms with van der Waals surface area (Å²) in [5, 5.41) is 9.72. The van der Waals surface area contributed by atoms with Crippen LogP contribution in [0.15, 0.2) is 65.8 Å². The van der Waals surface area contributed by atoms with Crippen molar-refractivity contribution in [1.29, 1.82) is 0 Å². The normalized spacial score (nSPS) is 17.1. The van der Waals surface area contributed by atoms with Gasteiger partial charge in [0.15, 0.2) is 5.16 Å². The summed E-state index contributed by atoms with van der Waals surface area (Å²) in [5.74, 6) is 2.82. The van der Waals surface area contributed by atoms with Crippen molar-refractivity contribution in [3.63, 3.8) is 0 Å². The summed E-state index contributed by atoms with van der Waals surface area (Å²) in [6.45, 7) is 1.71. The van der Waals surface area contributed by atoms with Crippen LogP contribution in [-0.2, 0) is 11.2 Å². The maximum absolute atomic E-state index is 12.9. The first-order valence-corrected chi connectivity index (χ1v) is 12.2. The average molecular weight is 433 g/mol. The number of piperidine rings is 1. The van der Waals surface area contributed by atoms with Crippen LogP contribution in [0.3, 0.4) is 0 Å². The first-order chi connectivity index (χ1) is 15.3. The smallest absolute Gasteiger partial charge is 0.233 e. The number of hydrogen-bond acceptors (Lipinski definition) is 4. The van der Waals surface area contributed by atoms with E-state index >= 15 is 0 Å². The van der Waals surface area contributed by atoms with Gasteiger partial charge in [-0.25, -0.2) is 0 Å². The summed E-state index contributed by atoms with van der Waals surface area (Å²) in [6.07, 6.45) is 5.62. The number of aromatic nitrogens is 3. The zero-order valence-electron chi connectivity index (χ0n) is 17.7. The van der Waals surface area contributed by atoms with Crippen molar-refractivity contribution >= 4 is 17.7 Å². The summed E-state index contributed by atoms with van der Waals surface area (Å²) < 4.78 is 2.14. The first-order valence-electron chi connectivity index (χ1n) is 11.2. The van der Waals surface area contributed by atoms with Gasteiger partial charge in [0.2, 0.25) is 5.91 Å². The molecule has 0 atom stereocenters. The molecule has 160 valence electrons. The van der Waals surface area contributed by atoms with E-state index in [-0.39, 0.29) is 5.91 Å². The SMILES string of the molecule is O=C(CSc1nnc(C2CC2)n1-c1ccccc1)N1CCC(Cc2ccccc2)CC1. The summed E-state index contributed by atoms with van der Waals surface area (Å²) >= 11 is 1.51. The van der Waals surface area contributed by atoms with Gasteiger partial charge < -0.3 is 4.90 Å². The molecule has 1 amide bonds. The predicted molar refractivity (Wildman–Crippen MR) is 124 cm³/mol. The number of para-hydroxylation sites is 1. The Labute approximate surface area is 187 Å². The lowest BCUT2D eigenvalue weighted by atomic mass is 9.90. The van der Waals surface area contributed by atoms with E-state index in [0.29, 0.717) is 17.6 Å². The van der Waals surface area contributed by atoms with Gasteiger partial charge in [-0.05, 0) is 55.7 Å². The molecule has 2 aromatic carbocycles. The fourth-order valence-corrected chi connectivity index (χ4v) is 5.21. The number of carbonyl (C=O) groups excluding carboxylic acids is 1. The highest BCUT2D eigenvalue weighted by molar-refractivity contribution is 7.99. The molecule has 1 aliphatic carbocycles. The van der Waals surface area contributed by atoms with Crippen LogP contribution in [0.1, 0.15) is 43.0 Å². The third-order valence-corrected chi connectivity index (χ3v) is 7.19. The Bertz CT molecular complexity index is 1010. The fourth-order valence-electron chi connectivity index (χ4n) is 4.35. The molecule has 0 radical (unpaired) electrons. The topological polar surface area (TPSA) is 51.0 Å². The predicted octanol–water partition coefficient (Wildman–Crippen LogP) is 4.72. The van der Waals surface area contributed by atoms with Gasteiger partial charge in [0.05, 0.1) is 5.75 Å². The summed E-state index contributed by atoms with van der Waals surface area (Å²) in [5.41, 5.74) is 2.47. The highest BCUT2D eigenvalue weighted by atomic mass is 32.2. The molecule has 0 bridgehead atoms. The Balaban J connectivity index is 1.18. The third kappa shape index (κ3) is 4.85. The van der Waals surface area contributed by atoms with Crippen LogP contribution in [0.25, 0.3) is 5.69 Å². The van der Waals surface area contributed by atoms with E-state index in [4.69, 9.17) is 0 Å². The molecule has 0 unspecified atom stereocenters. The molecule has 2 heterocycles. The number of hydrogen-bond donors (Lipinski definition) is 0. The molecule has 1 aliphatic heterocycles. The van der Waals surface area contributed by atoms with Crippen LogP contribution >= 0.6 is 11.8 Å². The molecule has 3 aromatic rings. The van der Waals surface area contributed by atoms with Crippen LogP contribution in [-0.4, -0.2) is 44.4 Å². The van der Waals surface area contributed by atoms with Crippen LogP contribution in [0, 0.1) is 5.92 Å². The molecule has 6 heteroatoms. The number of carbonyl (C=O) groups is 1. The Kier molecular flexibility index (Phi) is 6.07. The molecule has 5 nitrogen and oxygen atoms in total. The monoisotopic (exact) mass is 432 g/mol. The van der Waals surface area contributed by atoms with Gasteiger partial charge in [0, 0.05) is 24.7 Å². The maximum atomic E-state index is 12.9. The molecule has 1 aromatic heterocycles. The largest absolute Gasteiger partial charge is 0.342 e. The number of rotatable bonds is 7. The second-order valence-electron chi connectivity index (χ2n) is 8.59. The van der Waals surface area contributed by atoms with Crippen LogP contribution in [0.2, 0.25) is 0 Å². The second-order valence-corrected chi connectivity index (χ2v) is 9.53. The van der Waals surface area contributed by atoms with Gasteiger partial charge >= 0.3 is 0 Å². The molecule has 1 saturated carbocycles. The number of nitrogens with zero attached hydrogens (tertiary/aromatic N) is 4. The lowest BCUT2D eigenvalue weighted by Crippen LogP contribution is -2.39. The van der Waals surface area contributed by atoms with Crippen molar-refractivity contribution in [2.24, 2.45) is 5.92 Å². The molecule has 0 spiro atoms. The van der Waals surface area contributed by atoms with Gasteiger partial charge in [-0.15, -0.1) is 10.2 Å². The molecule has 2 fully saturated rings. The van der Waals surface area contributed by atoms with Gasteiger partial charge in [0.1, 0.15) is 5.82 Å². The van der Waals surface area contributed by atoms with Crippen LogP contribution in [0.5, 0.6) is 0 Å². The fraction of sp³-hybridized carbons (Fsp3) is 0.400. The van der Waals surface area contributed by atoms with Crippen molar-refractivity contribution in [2.75, 3.05) is 18.8 Å². The lowest BCUT2D eigenvalue weighted by Gasteiger charge is -2.32. The molecular formula is C25H28N4OS. The van der Waals surface area contributed by atoms with Crippen molar-refractivity contribution in [3.8, 4) is 5.69 Å². The summed E-state index contributed by atoms with van der Waals surface area (Å²) in [4.78, 5) is 14.9. The Morgan fingerprint density at radius 3 is 2.26 bits per heavy atom. The van der Waals surface area contributed by atoms with Crippen LogP contribution in [0.4, 0.5) is 0 Å². The summed E-state index contributed by atoms with van der Waals surface area (Å²) in [7, 11) is 0. The molecule has 1 saturated heterocycles. The third-order valence-electron chi connectivity index (χ3n) is 6.27. The minimum Gasteiger partial charge on any atom is -0.342 e. The van der Waals surface area contributed by atoms with E-state index < -0.39 is 0 Å². The van der Waals surface area contributed by atoms with E-state index in [1.807, 2.05) is 23.1 Å².